The second-order valence-corrected chi connectivity index (χ2v) is 21.4. The molecule has 0 spiro atoms. The maximum Gasteiger partial charge on any atom is 0.309 e. The van der Waals surface area contributed by atoms with E-state index in [9.17, 15) is 24.6 Å². The van der Waals surface area contributed by atoms with E-state index in [0.717, 1.165) is 62.6 Å². The number of aliphatic hydroxyl groups is 1. The van der Waals surface area contributed by atoms with E-state index >= 15 is 0 Å². The largest absolute Gasteiger partial charge is 0.481 e. The van der Waals surface area contributed by atoms with Crippen molar-refractivity contribution in [3.63, 3.8) is 0 Å². The molecular weight excluding hydrogens is 700 g/mol. The van der Waals surface area contributed by atoms with Crippen LogP contribution >= 0.6 is 11.6 Å². The fourth-order valence-corrected chi connectivity index (χ4v) is 13.4. The van der Waals surface area contributed by atoms with Crippen LogP contribution in [0.5, 0.6) is 0 Å². The summed E-state index contributed by atoms with van der Waals surface area (Å²) in [5, 5.41) is 26.2. The third kappa shape index (κ3) is 6.31. The highest BCUT2D eigenvalue weighted by molar-refractivity contribution is 6.30. The Bertz CT molecular complexity index is 1700. The van der Waals surface area contributed by atoms with Gasteiger partial charge in [-0.25, -0.2) is 0 Å². The van der Waals surface area contributed by atoms with E-state index in [4.69, 9.17) is 16.3 Å². The SMILES string of the molecule is CC(C)C1=C2[C@H]3CC[C@@H]4[C@@]5(C)CC[C@H](OC(=O)CC(C)(C)C(=O)O)C(C)(C)[C@@H]5CC[C@@]4(C)[C@]3(C)CC[C@@]2([C@H](O)CNC(C)(C)c2ccc(Cl)cn2)CC1=O. The number of esters is 1. The number of rotatable bonds is 10. The Morgan fingerprint density at radius 2 is 1.65 bits per heavy atom. The van der Waals surface area contributed by atoms with Crippen molar-refractivity contribution in [3.05, 3.63) is 40.2 Å². The number of nitrogens with one attached hydrogen (secondary N) is 1. The summed E-state index contributed by atoms with van der Waals surface area (Å²) < 4.78 is 6.17. The van der Waals surface area contributed by atoms with Crippen molar-refractivity contribution in [2.24, 2.45) is 56.2 Å². The van der Waals surface area contributed by atoms with Gasteiger partial charge in [0, 0.05) is 30.0 Å². The summed E-state index contributed by atoms with van der Waals surface area (Å²) in [7, 11) is 0. The van der Waals surface area contributed by atoms with Gasteiger partial charge < -0.3 is 20.3 Å². The number of aliphatic carboxylic acids is 1. The molecule has 9 heteroatoms. The topological polar surface area (TPSA) is 126 Å². The number of pyridine rings is 1. The number of carbonyl (C=O) groups is 3. The van der Waals surface area contributed by atoms with Crippen LogP contribution in [0.4, 0.5) is 0 Å². The van der Waals surface area contributed by atoms with Gasteiger partial charge >= 0.3 is 11.9 Å². The molecule has 4 fully saturated rings. The quantitative estimate of drug-likeness (QED) is 0.201. The van der Waals surface area contributed by atoms with Crippen LogP contribution in [0.15, 0.2) is 29.5 Å². The molecule has 3 N–H and O–H groups in total. The van der Waals surface area contributed by atoms with Crippen molar-refractivity contribution in [1.82, 2.24) is 10.3 Å². The third-order valence-electron chi connectivity index (χ3n) is 16.6. The van der Waals surface area contributed by atoms with Crippen LogP contribution < -0.4 is 5.32 Å². The average Bonchev–Trinajstić information content (AvgIpc) is 3.38. The molecule has 9 atom stereocenters. The number of nitrogens with zero attached hydrogens (tertiary/aromatic N) is 1. The van der Waals surface area contributed by atoms with Crippen molar-refractivity contribution in [2.75, 3.05) is 6.54 Å². The number of halogens is 1. The number of carboxylic acid groups (broad SMARTS) is 1. The molecule has 1 heterocycles. The predicted molar refractivity (Wildman–Crippen MR) is 212 cm³/mol. The highest BCUT2D eigenvalue weighted by Gasteiger charge is 2.70. The van der Waals surface area contributed by atoms with Gasteiger partial charge in [-0.1, -0.05) is 65.6 Å². The van der Waals surface area contributed by atoms with Gasteiger partial charge in [0.05, 0.1) is 34.2 Å². The van der Waals surface area contributed by atoms with Crippen LogP contribution in [0.25, 0.3) is 0 Å². The summed E-state index contributed by atoms with van der Waals surface area (Å²) >= 11 is 6.13. The number of hydrogen-bond donors (Lipinski definition) is 3. The minimum absolute atomic E-state index is 0.0323. The standard InChI is InChI=1S/C45H67ClN2O6/c1-26(2)36-29(49)22-45(33(50)25-48-41(7,8)32-15-12-27(46)24-47-32)21-20-43(10)28(37(36)45)13-14-31-42(9)18-17-34(54-35(51)23-39(3,4)38(52)53)40(5,6)30(42)16-19-44(31,43)11/h12,15,24,26,28,30-31,33-34,48,50H,13-14,16-23,25H2,1-11H3,(H,52,53)/t28-,30+,31-,33-,34+,42+,43-,44-,45+/m1/s1. The lowest BCUT2D eigenvalue weighted by molar-refractivity contribution is -0.235. The van der Waals surface area contributed by atoms with Crippen LogP contribution in [0, 0.1) is 56.2 Å². The van der Waals surface area contributed by atoms with Crippen molar-refractivity contribution in [1.29, 1.82) is 0 Å². The Labute approximate surface area is 329 Å². The first-order valence-electron chi connectivity index (χ1n) is 20.6. The number of allylic oxidation sites excluding steroid dienone is 1. The third-order valence-corrected chi connectivity index (χ3v) is 16.8. The lowest BCUT2D eigenvalue weighted by atomic mass is 9.33. The zero-order chi connectivity index (χ0) is 40.0. The maximum atomic E-state index is 14.1. The number of Topliss-reactive ketones (excluding diaryl/α,β-unsaturated/α-hetero) is 1. The molecule has 300 valence electrons. The fourth-order valence-electron chi connectivity index (χ4n) is 13.3. The lowest BCUT2D eigenvalue weighted by Crippen LogP contribution is -2.66. The molecule has 4 saturated carbocycles. The Morgan fingerprint density at radius 3 is 2.26 bits per heavy atom. The van der Waals surface area contributed by atoms with E-state index < -0.39 is 34.4 Å². The molecule has 8 nitrogen and oxygen atoms in total. The van der Waals surface area contributed by atoms with Gasteiger partial charge in [0.15, 0.2) is 5.78 Å². The second kappa shape index (κ2) is 13.7. The summed E-state index contributed by atoms with van der Waals surface area (Å²) in [4.78, 5) is 43.6. The average molecular weight is 767 g/mol. The molecule has 0 aromatic carbocycles. The molecule has 0 radical (unpaired) electrons. The maximum absolute atomic E-state index is 14.1. The Kier molecular flexibility index (Phi) is 10.5. The Hall–Kier alpha value is -2.29. The van der Waals surface area contributed by atoms with E-state index in [1.807, 2.05) is 12.1 Å². The molecule has 0 amide bonds. The van der Waals surface area contributed by atoms with Gasteiger partial charge in [-0.05, 0) is 137 Å². The Morgan fingerprint density at radius 1 is 0.963 bits per heavy atom. The second-order valence-electron chi connectivity index (χ2n) is 20.9. The minimum atomic E-state index is -1.17. The van der Waals surface area contributed by atoms with Crippen LogP contribution in [-0.4, -0.2) is 51.7 Å². The fraction of sp³-hybridized carbons (Fsp3) is 0.778. The van der Waals surface area contributed by atoms with E-state index in [2.05, 4.69) is 72.6 Å². The van der Waals surface area contributed by atoms with E-state index in [-0.39, 0.29) is 51.8 Å². The molecule has 1 aromatic rings. The molecule has 5 aliphatic carbocycles. The minimum Gasteiger partial charge on any atom is -0.481 e. The summed E-state index contributed by atoms with van der Waals surface area (Å²) in [6, 6.07) is 3.76. The van der Waals surface area contributed by atoms with Gasteiger partial charge in [-0.3, -0.25) is 19.4 Å². The summed E-state index contributed by atoms with van der Waals surface area (Å²) in [6.07, 6.45) is 8.59. The monoisotopic (exact) mass is 766 g/mol. The van der Waals surface area contributed by atoms with Gasteiger partial charge in [-0.2, -0.15) is 0 Å². The first-order chi connectivity index (χ1) is 24.9. The van der Waals surface area contributed by atoms with Crippen LogP contribution in [-0.2, 0) is 24.7 Å². The molecular formula is C45H67ClN2O6. The zero-order valence-electron chi connectivity index (χ0n) is 34.8. The smallest absolute Gasteiger partial charge is 0.309 e. The number of carboxylic acids is 1. The number of ether oxygens (including phenoxy) is 1. The summed E-state index contributed by atoms with van der Waals surface area (Å²) in [5.74, 6) is -0.0675. The summed E-state index contributed by atoms with van der Waals surface area (Å²) in [6.45, 7) is 24.1. The number of hydrogen-bond acceptors (Lipinski definition) is 7. The van der Waals surface area contributed by atoms with E-state index in [1.165, 1.54) is 5.57 Å². The zero-order valence-corrected chi connectivity index (χ0v) is 35.6. The van der Waals surface area contributed by atoms with E-state index in [0.29, 0.717) is 29.8 Å². The predicted octanol–water partition coefficient (Wildman–Crippen LogP) is 9.31. The summed E-state index contributed by atoms with van der Waals surface area (Å²) in [5.41, 5.74) is 0.618. The van der Waals surface area contributed by atoms with Crippen LogP contribution in [0.1, 0.15) is 146 Å². The highest BCUT2D eigenvalue weighted by Crippen LogP contribution is 2.77. The van der Waals surface area contributed by atoms with Crippen LogP contribution in [0.2, 0.25) is 5.02 Å². The number of aromatic nitrogens is 1. The van der Waals surface area contributed by atoms with Crippen molar-refractivity contribution in [3.8, 4) is 0 Å². The van der Waals surface area contributed by atoms with Gasteiger partial charge in [0.25, 0.3) is 0 Å². The molecule has 0 aliphatic heterocycles. The normalized spacial score (nSPS) is 36.9. The number of carbonyl (C=O) groups excluding carboxylic acids is 2. The Balaban J connectivity index is 1.27. The van der Waals surface area contributed by atoms with Crippen LogP contribution in [0.3, 0.4) is 0 Å². The van der Waals surface area contributed by atoms with Gasteiger partial charge in [0.1, 0.15) is 6.10 Å². The first kappa shape index (κ1) is 41.3. The number of aliphatic hydroxyl groups excluding tert-OH is 1. The van der Waals surface area contributed by atoms with Crippen molar-refractivity contribution >= 4 is 29.3 Å². The molecule has 6 rings (SSSR count). The molecule has 1 aromatic heterocycles. The number of ketones is 1. The molecule has 5 aliphatic rings. The van der Waals surface area contributed by atoms with E-state index in [1.54, 1.807) is 20.0 Å². The van der Waals surface area contributed by atoms with Crippen molar-refractivity contribution < 1.29 is 29.3 Å². The lowest BCUT2D eigenvalue weighted by Gasteiger charge is -2.72. The first-order valence-corrected chi connectivity index (χ1v) is 21.0. The number of fused-ring (bicyclic) bond motifs is 7. The molecule has 0 unspecified atom stereocenters. The van der Waals surface area contributed by atoms with Gasteiger partial charge in [0.2, 0.25) is 0 Å². The highest BCUT2D eigenvalue weighted by atomic mass is 35.5. The molecule has 0 bridgehead atoms. The van der Waals surface area contributed by atoms with Crippen molar-refractivity contribution in [2.45, 2.75) is 158 Å². The molecule has 0 saturated heterocycles. The van der Waals surface area contributed by atoms with Gasteiger partial charge in [-0.15, -0.1) is 0 Å². The molecule has 54 heavy (non-hydrogen) atoms.